The van der Waals surface area contributed by atoms with Crippen molar-refractivity contribution in [2.75, 3.05) is 0 Å². The molecule has 0 unspecified atom stereocenters. The fourth-order valence-corrected chi connectivity index (χ4v) is 2.78. The highest BCUT2D eigenvalue weighted by atomic mass is 19.1. The molecular weight excluding hydrogens is 319 g/mol. The van der Waals surface area contributed by atoms with Gasteiger partial charge in [0.15, 0.2) is 0 Å². The monoisotopic (exact) mass is 336 g/mol. The van der Waals surface area contributed by atoms with Crippen LogP contribution in [0, 0.1) is 5.82 Å². The molecule has 0 spiro atoms. The maximum atomic E-state index is 13.3. The molecular formula is C20H17FN2O2. The van der Waals surface area contributed by atoms with Crippen molar-refractivity contribution in [3.05, 3.63) is 83.7 Å². The summed E-state index contributed by atoms with van der Waals surface area (Å²) in [7, 11) is 0. The Bertz CT molecular complexity index is 934. The molecule has 5 heteroatoms. The van der Waals surface area contributed by atoms with E-state index in [0.717, 1.165) is 10.8 Å². The Morgan fingerprint density at radius 2 is 1.72 bits per heavy atom. The van der Waals surface area contributed by atoms with Gasteiger partial charge < -0.3 is 11.1 Å². The van der Waals surface area contributed by atoms with E-state index in [2.05, 4.69) is 5.32 Å². The molecule has 0 heterocycles. The summed E-state index contributed by atoms with van der Waals surface area (Å²) < 4.78 is 13.3. The lowest BCUT2D eigenvalue weighted by molar-refractivity contribution is -0.119. The second kappa shape index (κ2) is 7.13. The molecule has 2 amide bonds. The van der Waals surface area contributed by atoms with E-state index >= 15 is 0 Å². The van der Waals surface area contributed by atoms with Crippen molar-refractivity contribution in [3.8, 4) is 0 Å². The maximum Gasteiger partial charge on any atom is 0.252 e. The molecule has 0 bridgehead atoms. The Kier molecular flexibility index (Phi) is 4.75. The molecule has 0 aliphatic heterocycles. The van der Waals surface area contributed by atoms with Gasteiger partial charge in [0.1, 0.15) is 11.9 Å². The number of amides is 2. The Morgan fingerprint density at radius 1 is 1.00 bits per heavy atom. The van der Waals surface area contributed by atoms with Crippen molar-refractivity contribution >= 4 is 22.6 Å². The quantitative estimate of drug-likeness (QED) is 0.752. The third-order valence-electron chi connectivity index (χ3n) is 4.01. The number of primary amides is 1. The lowest BCUT2D eigenvalue weighted by atomic mass is 10.0. The smallest absolute Gasteiger partial charge is 0.252 e. The Hall–Kier alpha value is -3.21. The van der Waals surface area contributed by atoms with Crippen LogP contribution in [0.15, 0.2) is 66.7 Å². The predicted octanol–water partition coefficient (Wildman–Crippen LogP) is 2.81. The number of fused-ring (bicyclic) bond motifs is 1. The predicted molar refractivity (Wildman–Crippen MR) is 94.5 cm³/mol. The topological polar surface area (TPSA) is 72.2 Å². The van der Waals surface area contributed by atoms with Crippen LogP contribution in [-0.4, -0.2) is 17.9 Å². The lowest BCUT2D eigenvalue weighted by Crippen LogP contribution is -2.45. The standard InChI is InChI=1S/C20H17FN2O2/c21-15-8-3-5-13(11-15)12-18(19(22)24)23-20(25)17-10-4-7-14-6-1-2-9-16(14)17/h1-11,18H,12H2,(H2,22,24)(H,23,25)/t18-/m1/s1. The zero-order valence-corrected chi connectivity index (χ0v) is 13.4. The third-order valence-corrected chi connectivity index (χ3v) is 4.01. The van der Waals surface area contributed by atoms with Gasteiger partial charge in [-0.05, 0) is 34.5 Å². The maximum absolute atomic E-state index is 13.3. The van der Waals surface area contributed by atoms with Crippen LogP contribution in [0.25, 0.3) is 10.8 Å². The fraction of sp³-hybridized carbons (Fsp3) is 0.100. The zero-order valence-electron chi connectivity index (χ0n) is 13.4. The molecule has 1 atom stereocenters. The normalized spacial score (nSPS) is 11.9. The summed E-state index contributed by atoms with van der Waals surface area (Å²) in [4.78, 5) is 24.4. The summed E-state index contributed by atoms with van der Waals surface area (Å²) in [6.07, 6.45) is 0.129. The van der Waals surface area contributed by atoms with Crippen LogP contribution in [0.1, 0.15) is 15.9 Å². The van der Waals surface area contributed by atoms with E-state index in [9.17, 15) is 14.0 Å². The van der Waals surface area contributed by atoms with Crippen molar-refractivity contribution in [3.63, 3.8) is 0 Å². The summed E-state index contributed by atoms with van der Waals surface area (Å²) in [6, 6.07) is 17.8. The van der Waals surface area contributed by atoms with Crippen molar-refractivity contribution < 1.29 is 14.0 Å². The third kappa shape index (κ3) is 3.83. The first-order valence-corrected chi connectivity index (χ1v) is 7.87. The average molecular weight is 336 g/mol. The van der Waals surface area contributed by atoms with Gasteiger partial charge in [-0.3, -0.25) is 9.59 Å². The molecule has 25 heavy (non-hydrogen) atoms. The number of benzene rings is 3. The van der Waals surface area contributed by atoms with Gasteiger partial charge in [0.2, 0.25) is 5.91 Å². The number of nitrogens with one attached hydrogen (secondary N) is 1. The zero-order chi connectivity index (χ0) is 17.8. The molecule has 0 saturated heterocycles. The molecule has 0 aromatic heterocycles. The second-order valence-electron chi connectivity index (χ2n) is 5.79. The highest BCUT2D eigenvalue weighted by molar-refractivity contribution is 6.08. The first-order valence-electron chi connectivity index (χ1n) is 7.87. The lowest BCUT2D eigenvalue weighted by Gasteiger charge is -2.16. The van der Waals surface area contributed by atoms with Crippen molar-refractivity contribution in [2.45, 2.75) is 12.5 Å². The molecule has 3 aromatic carbocycles. The van der Waals surface area contributed by atoms with Crippen LogP contribution in [0.4, 0.5) is 4.39 Å². The molecule has 0 radical (unpaired) electrons. The molecule has 126 valence electrons. The van der Waals surface area contributed by atoms with Crippen molar-refractivity contribution in [1.29, 1.82) is 0 Å². The van der Waals surface area contributed by atoms with Gasteiger partial charge in [-0.1, -0.05) is 48.5 Å². The van der Waals surface area contributed by atoms with Crippen molar-refractivity contribution in [2.24, 2.45) is 5.73 Å². The minimum Gasteiger partial charge on any atom is -0.368 e. The molecule has 3 rings (SSSR count). The van der Waals surface area contributed by atoms with E-state index in [-0.39, 0.29) is 6.42 Å². The number of halogens is 1. The van der Waals surface area contributed by atoms with E-state index < -0.39 is 23.7 Å². The van der Waals surface area contributed by atoms with E-state index in [4.69, 9.17) is 5.73 Å². The minimum absolute atomic E-state index is 0.129. The molecule has 4 nitrogen and oxygen atoms in total. The summed E-state index contributed by atoms with van der Waals surface area (Å²) in [5.74, 6) is -1.46. The molecule has 0 fully saturated rings. The average Bonchev–Trinajstić information content (AvgIpc) is 2.60. The highest BCUT2D eigenvalue weighted by Crippen LogP contribution is 2.18. The largest absolute Gasteiger partial charge is 0.368 e. The number of nitrogens with two attached hydrogens (primary N) is 1. The van der Waals surface area contributed by atoms with Gasteiger partial charge in [0, 0.05) is 12.0 Å². The van der Waals surface area contributed by atoms with Gasteiger partial charge in [-0.25, -0.2) is 4.39 Å². The minimum atomic E-state index is -0.923. The van der Waals surface area contributed by atoms with Crippen LogP contribution < -0.4 is 11.1 Å². The van der Waals surface area contributed by atoms with Crippen LogP contribution in [-0.2, 0) is 11.2 Å². The SMILES string of the molecule is NC(=O)[C@@H](Cc1cccc(F)c1)NC(=O)c1cccc2ccccc12. The first kappa shape index (κ1) is 16.6. The summed E-state index contributed by atoms with van der Waals surface area (Å²) >= 11 is 0. The van der Waals surface area contributed by atoms with Crippen LogP contribution >= 0.6 is 0 Å². The van der Waals surface area contributed by atoms with Crippen molar-refractivity contribution in [1.82, 2.24) is 5.32 Å². The number of rotatable bonds is 5. The first-order chi connectivity index (χ1) is 12.0. The fourth-order valence-electron chi connectivity index (χ4n) is 2.78. The number of hydrogen-bond acceptors (Lipinski definition) is 2. The van der Waals surface area contributed by atoms with Crippen LogP contribution in [0.2, 0.25) is 0 Å². The summed E-state index contributed by atoms with van der Waals surface area (Å²) in [6.45, 7) is 0. The van der Waals surface area contributed by atoms with Gasteiger partial charge in [0.05, 0.1) is 0 Å². The molecule has 3 N–H and O–H groups in total. The van der Waals surface area contributed by atoms with Gasteiger partial charge >= 0.3 is 0 Å². The number of carbonyl (C=O) groups excluding carboxylic acids is 2. The summed E-state index contributed by atoms with van der Waals surface area (Å²) in [5.41, 5.74) is 6.46. The van der Waals surface area contributed by atoms with E-state index in [0.29, 0.717) is 11.1 Å². The van der Waals surface area contributed by atoms with E-state index in [1.807, 2.05) is 30.3 Å². The Balaban J connectivity index is 1.84. The molecule has 0 aliphatic carbocycles. The highest BCUT2D eigenvalue weighted by Gasteiger charge is 2.20. The van der Waals surface area contributed by atoms with E-state index in [1.165, 1.54) is 12.1 Å². The molecule has 3 aromatic rings. The molecule has 0 saturated carbocycles. The number of carbonyl (C=O) groups is 2. The molecule has 0 aliphatic rings. The van der Waals surface area contributed by atoms with Gasteiger partial charge in [0.25, 0.3) is 5.91 Å². The Morgan fingerprint density at radius 3 is 2.48 bits per heavy atom. The van der Waals surface area contributed by atoms with Crippen LogP contribution in [0.3, 0.4) is 0 Å². The number of hydrogen-bond donors (Lipinski definition) is 2. The van der Waals surface area contributed by atoms with Gasteiger partial charge in [-0.2, -0.15) is 0 Å². The second-order valence-corrected chi connectivity index (χ2v) is 5.79. The summed E-state index contributed by atoms with van der Waals surface area (Å²) in [5, 5.41) is 4.37. The van der Waals surface area contributed by atoms with Gasteiger partial charge in [-0.15, -0.1) is 0 Å². The van der Waals surface area contributed by atoms with E-state index in [1.54, 1.807) is 24.3 Å². The Labute approximate surface area is 144 Å². The van der Waals surface area contributed by atoms with Crippen LogP contribution in [0.5, 0.6) is 0 Å².